The molecule has 20 heavy (non-hydrogen) atoms. The van der Waals surface area contributed by atoms with E-state index >= 15 is 0 Å². The highest BCUT2D eigenvalue weighted by molar-refractivity contribution is 4.99. The van der Waals surface area contributed by atoms with Crippen LogP contribution in [0.3, 0.4) is 0 Å². The van der Waals surface area contributed by atoms with Gasteiger partial charge >= 0.3 is 6.55 Å². The van der Waals surface area contributed by atoms with E-state index in [0.717, 1.165) is 18.7 Å². The Labute approximate surface area is 122 Å². The van der Waals surface area contributed by atoms with Gasteiger partial charge in [0.25, 0.3) is 0 Å². The first kappa shape index (κ1) is 21.3. The van der Waals surface area contributed by atoms with Crippen LogP contribution >= 0.6 is 0 Å². The van der Waals surface area contributed by atoms with Gasteiger partial charge in [-0.15, -0.1) is 0 Å². The highest BCUT2D eigenvalue weighted by atomic mass is 19.3. The number of hydrogen-bond acceptors (Lipinski definition) is 3. The summed E-state index contributed by atoms with van der Waals surface area (Å²) in [6.45, 7) is 11.9. The average Bonchev–Trinajstić information content (AvgIpc) is 2.92. The number of alkyl halides is 2. The lowest BCUT2D eigenvalue weighted by molar-refractivity contribution is 0.0565. The fourth-order valence-electron chi connectivity index (χ4n) is 1.32. The van der Waals surface area contributed by atoms with Crippen LogP contribution < -0.4 is 5.32 Å². The van der Waals surface area contributed by atoms with Gasteiger partial charge in [0.1, 0.15) is 0 Å². The smallest absolute Gasteiger partial charge is 0.314 e. The van der Waals surface area contributed by atoms with Crippen LogP contribution in [0.4, 0.5) is 8.78 Å². The molecule has 0 spiro atoms. The summed E-state index contributed by atoms with van der Waals surface area (Å²) in [7, 11) is 2.15. The fraction of sp³-hybridized carbons (Fsp3) is 0.786. The van der Waals surface area contributed by atoms with Crippen molar-refractivity contribution in [1.82, 2.24) is 20.0 Å². The van der Waals surface area contributed by atoms with E-state index in [4.69, 9.17) is 0 Å². The second-order valence-corrected chi connectivity index (χ2v) is 3.83. The normalized spacial score (nSPS) is 14.2. The summed E-state index contributed by atoms with van der Waals surface area (Å²) in [6.07, 6.45) is 2.69. The molecule has 120 valence electrons. The van der Waals surface area contributed by atoms with Crippen LogP contribution in [-0.2, 0) is 0 Å². The molecule has 1 saturated heterocycles. The van der Waals surface area contributed by atoms with E-state index in [9.17, 15) is 8.78 Å². The Kier molecular flexibility index (Phi) is 15.3. The molecule has 0 aliphatic carbocycles. The Hall–Kier alpha value is -1.01. The van der Waals surface area contributed by atoms with Gasteiger partial charge in [-0.25, -0.2) is 4.68 Å². The minimum Gasteiger partial charge on any atom is -0.314 e. The molecule has 2 rings (SSSR count). The minimum atomic E-state index is -2.52. The maximum Gasteiger partial charge on any atom is 0.333 e. The van der Waals surface area contributed by atoms with E-state index in [1.54, 1.807) is 6.92 Å². The van der Waals surface area contributed by atoms with Crippen molar-refractivity contribution in [3.05, 3.63) is 18.0 Å². The molecule has 6 heteroatoms. The molecule has 2 heterocycles. The number of nitrogens with zero attached hydrogens (tertiary/aromatic N) is 3. The molecule has 1 fully saturated rings. The molecule has 0 aromatic carbocycles. The first-order valence-electron chi connectivity index (χ1n) is 7.28. The summed E-state index contributed by atoms with van der Waals surface area (Å²) < 4.78 is 24.0. The number of aromatic nitrogens is 2. The molecule has 1 aromatic heterocycles. The summed E-state index contributed by atoms with van der Waals surface area (Å²) in [6, 6.07) is 0. The predicted molar refractivity (Wildman–Crippen MR) is 81.3 cm³/mol. The van der Waals surface area contributed by atoms with Crippen LogP contribution in [0.25, 0.3) is 0 Å². The minimum absolute atomic E-state index is 0.620. The molecule has 4 nitrogen and oxygen atoms in total. The van der Waals surface area contributed by atoms with E-state index in [2.05, 4.69) is 22.4 Å². The van der Waals surface area contributed by atoms with Gasteiger partial charge in [0.2, 0.25) is 0 Å². The molecule has 1 aromatic rings. The Balaban J connectivity index is 0. The van der Waals surface area contributed by atoms with Crippen molar-refractivity contribution in [2.45, 2.75) is 41.2 Å². The van der Waals surface area contributed by atoms with Crippen LogP contribution in [0.1, 0.15) is 39.8 Å². The van der Waals surface area contributed by atoms with Crippen molar-refractivity contribution in [1.29, 1.82) is 0 Å². The Morgan fingerprint density at radius 2 is 1.65 bits per heavy atom. The standard InChI is InChI=1S/C5H6F2N2.C5H12N2.2C2H6/c1-4-2-8-9(3-4)5(6)7;1-7-4-2-6-3-5-7;2*1-2/h2-3,5H,1H3;6H,2-5H2,1H3;2*1-2H3. The first-order chi connectivity index (χ1) is 9.59. The molecule has 1 N–H and O–H groups in total. The zero-order chi connectivity index (χ0) is 16.0. The third-order valence-corrected chi connectivity index (χ3v) is 2.27. The van der Waals surface area contributed by atoms with Crippen LogP contribution in [0.5, 0.6) is 0 Å². The van der Waals surface area contributed by atoms with E-state index in [1.807, 2.05) is 27.7 Å². The van der Waals surface area contributed by atoms with E-state index in [1.165, 1.54) is 25.5 Å². The van der Waals surface area contributed by atoms with Crippen molar-refractivity contribution >= 4 is 0 Å². The van der Waals surface area contributed by atoms with E-state index in [0.29, 0.717) is 4.68 Å². The largest absolute Gasteiger partial charge is 0.333 e. The number of rotatable bonds is 1. The lowest BCUT2D eigenvalue weighted by Gasteiger charge is -2.21. The van der Waals surface area contributed by atoms with Gasteiger partial charge in [-0.2, -0.15) is 13.9 Å². The number of nitrogens with one attached hydrogen (secondary N) is 1. The van der Waals surface area contributed by atoms with Crippen molar-refractivity contribution in [3.8, 4) is 0 Å². The van der Waals surface area contributed by atoms with Crippen LogP contribution in [0.15, 0.2) is 12.4 Å². The van der Waals surface area contributed by atoms with E-state index < -0.39 is 6.55 Å². The number of likely N-dealkylation sites (N-methyl/N-ethyl adjacent to an activating group) is 1. The zero-order valence-corrected chi connectivity index (χ0v) is 13.7. The highest BCUT2D eigenvalue weighted by Gasteiger charge is 2.03. The Morgan fingerprint density at radius 3 is 1.85 bits per heavy atom. The highest BCUT2D eigenvalue weighted by Crippen LogP contribution is 2.07. The predicted octanol–water partition coefficient (Wildman–Crippen LogP) is 3.16. The van der Waals surface area contributed by atoms with Crippen LogP contribution in [0.2, 0.25) is 0 Å². The lowest BCUT2D eigenvalue weighted by atomic mass is 10.4. The fourth-order valence-corrected chi connectivity index (χ4v) is 1.32. The van der Waals surface area contributed by atoms with E-state index in [-0.39, 0.29) is 0 Å². The quantitative estimate of drug-likeness (QED) is 0.863. The summed E-state index contributed by atoms with van der Waals surface area (Å²) in [4.78, 5) is 2.33. The maximum absolute atomic E-state index is 11.7. The number of hydrogen-bond donors (Lipinski definition) is 1. The van der Waals surface area contributed by atoms with Crippen molar-refractivity contribution in [3.63, 3.8) is 0 Å². The molecular weight excluding hydrogens is 262 g/mol. The van der Waals surface area contributed by atoms with Crippen molar-refractivity contribution < 1.29 is 8.78 Å². The second-order valence-electron chi connectivity index (χ2n) is 3.83. The van der Waals surface area contributed by atoms with Gasteiger partial charge in [0.05, 0.1) is 6.20 Å². The van der Waals surface area contributed by atoms with Gasteiger partial charge in [-0.1, -0.05) is 27.7 Å². The first-order valence-corrected chi connectivity index (χ1v) is 7.28. The average molecular weight is 292 g/mol. The summed E-state index contributed by atoms with van der Waals surface area (Å²) >= 11 is 0. The molecule has 0 radical (unpaired) electrons. The Bertz CT molecular complexity index is 297. The SMILES string of the molecule is CC.CC.CN1CCNCC1.Cc1cnn(C(F)F)c1. The van der Waals surface area contributed by atoms with Gasteiger partial charge in [-0.05, 0) is 19.5 Å². The second kappa shape index (κ2) is 14.4. The summed E-state index contributed by atoms with van der Waals surface area (Å²) in [5.41, 5.74) is 0.746. The number of piperazine rings is 1. The molecule has 0 atom stereocenters. The van der Waals surface area contributed by atoms with Gasteiger partial charge < -0.3 is 10.2 Å². The van der Waals surface area contributed by atoms with Crippen molar-refractivity contribution in [2.75, 3.05) is 33.2 Å². The third kappa shape index (κ3) is 10.9. The van der Waals surface area contributed by atoms with Gasteiger partial charge in [0.15, 0.2) is 0 Å². The maximum atomic E-state index is 11.7. The van der Waals surface area contributed by atoms with Crippen LogP contribution in [-0.4, -0.2) is 47.9 Å². The molecular formula is C14H30F2N4. The third-order valence-electron chi connectivity index (χ3n) is 2.27. The summed E-state index contributed by atoms with van der Waals surface area (Å²) in [5, 5.41) is 6.66. The molecule has 0 bridgehead atoms. The molecule has 1 aliphatic rings. The topological polar surface area (TPSA) is 33.1 Å². The molecule has 1 aliphatic heterocycles. The monoisotopic (exact) mass is 292 g/mol. The summed E-state index contributed by atoms with van der Waals surface area (Å²) in [5.74, 6) is 0. The molecule has 0 saturated carbocycles. The molecule has 0 amide bonds. The Morgan fingerprint density at radius 1 is 1.15 bits per heavy atom. The zero-order valence-electron chi connectivity index (χ0n) is 13.7. The van der Waals surface area contributed by atoms with Gasteiger partial charge in [0, 0.05) is 32.4 Å². The lowest BCUT2D eigenvalue weighted by Crippen LogP contribution is -2.40. The van der Waals surface area contributed by atoms with Gasteiger partial charge in [-0.3, -0.25) is 0 Å². The number of aryl methyl sites for hydroxylation is 1. The van der Waals surface area contributed by atoms with Crippen molar-refractivity contribution in [2.24, 2.45) is 0 Å². The molecule has 0 unspecified atom stereocenters. The number of halogens is 2. The van der Waals surface area contributed by atoms with Crippen LogP contribution in [0, 0.1) is 6.92 Å².